The highest BCUT2D eigenvalue weighted by atomic mass is 32.2. The molecule has 5 nitrogen and oxygen atoms in total. The van der Waals surface area contributed by atoms with Crippen LogP contribution in [0.25, 0.3) is 22.0 Å². The van der Waals surface area contributed by atoms with E-state index in [1.165, 1.54) is 30.6 Å². The summed E-state index contributed by atoms with van der Waals surface area (Å²) in [5.74, 6) is -0.826. The molecule has 0 radical (unpaired) electrons. The Morgan fingerprint density at radius 2 is 1.83 bits per heavy atom. The fraction of sp³-hybridized carbons (Fsp3) is 0.0952. The van der Waals surface area contributed by atoms with Gasteiger partial charge in [-0.25, -0.2) is 17.4 Å². The minimum absolute atomic E-state index is 0.192. The van der Waals surface area contributed by atoms with E-state index in [0.29, 0.717) is 27.6 Å². The van der Waals surface area contributed by atoms with Gasteiger partial charge in [0, 0.05) is 35.0 Å². The molecule has 0 unspecified atom stereocenters. The summed E-state index contributed by atoms with van der Waals surface area (Å²) in [6.07, 6.45) is 2.76. The Balaban J connectivity index is 1.81. The smallest absolute Gasteiger partial charge is 0.387 e. The third-order valence-corrected chi connectivity index (χ3v) is 6.28. The fourth-order valence-electron chi connectivity index (χ4n) is 3.13. The molecule has 0 atom stereocenters. The molecule has 0 spiro atoms. The predicted octanol–water partition coefficient (Wildman–Crippen LogP) is 4.99. The Hall–Kier alpha value is -3.33. The molecule has 0 amide bonds. The van der Waals surface area contributed by atoms with Gasteiger partial charge in [-0.3, -0.25) is 0 Å². The topological polar surface area (TPSA) is 61.2 Å². The lowest BCUT2D eigenvalue weighted by molar-refractivity contribution is -0.0499. The Morgan fingerprint density at radius 3 is 2.57 bits per heavy atom. The molecule has 0 bridgehead atoms. The number of nitrogens with zero attached hydrogens (tertiary/aromatic N) is 2. The highest BCUT2D eigenvalue weighted by Crippen LogP contribution is 2.29. The van der Waals surface area contributed by atoms with E-state index in [4.69, 9.17) is 0 Å². The number of hydrogen-bond acceptors (Lipinski definition) is 4. The number of fused-ring (bicyclic) bond motifs is 1. The Kier molecular flexibility index (Phi) is 4.98. The zero-order chi connectivity index (χ0) is 21.5. The number of hydrogen-bond donors (Lipinski definition) is 0. The zero-order valence-electron chi connectivity index (χ0n) is 15.6. The van der Waals surface area contributed by atoms with E-state index in [1.54, 1.807) is 37.3 Å². The summed E-state index contributed by atoms with van der Waals surface area (Å²) in [5, 5.41) is 0.661. The second-order valence-corrected chi connectivity index (χ2v) is 8.39. The van der Waals surface area contributed by atoms with Crippen LogP contribution in [0, 0.1) is 12.9 Å². The summed E-state index contributed by atoms with van der Waals surface area (Å²) in [7, 11) is -4.08. The number of halogens is 3. The average molecular weight is 432 g/mol. The Labute approximate surface area is 170 Å². The van der Waals surface area contributed by atoms with Gasteiger partial charge in [0.15, 0.2) is 0 Å². The minimum Gasteiger partial charge on any atom is -0.435 e. The first-order chi connectivity index (χ1) is 14.3. The van der Waals surface area contributed by atoms with Gasteiger partial charge in [-0.15, -0.1) is 0 Å². The van der Waals surface area contributed by atoms with Gasteiger partial charge < -0.3 is 4.74 Å². The second-order valence-electron chi connectivity index (χ2n) is 6.58. The highest BCUT2D eigenvalue weighted by Gasteiger charge is 2.20. The van der Waals surface area contributed by atoms with Crippen molar-refractivity contribution in [1.82, 2.24) is 8.96 Å². The number of aryl methyl sites for hydroxylation is 1. The second kappa shape index (κ2) is 7.49. The number of rotatable bonds is 5. The summed E-state index contributed by atoms with van der Waals surface area (Å²) < 4.78 is 70.1. The van der Waals surface area contributed by atoms with Crippen LogP contribution >= 0.6 is 0 Å². The molecule has 30 heavy (non-hydrogen) atoms. The summed E-state index contributed by atoms with van der Waals surface area (Å²) >= 11 is 0. The van der Waals surface area contributed by atoms with Gasteiger partial charge in [0.1, 0.15) is 5.75 Å². The van der Waals surface area contributed by atoms with E-state index < -0.39 is 22.6 Å². The number of pyridine rings is 1. The van der Waals surface area contributed by atoms with Crippen LogP contribution in [0.3, 0.4) is 0 Å². The lowest BCUT2D eigenvalue weighted by Gasteiger charge is -2.11. The number of aromatic nitrogens is 2. The molecule has 9 heteroatoms. The molecule has 0 fully saturated rings. The van der Waals surface area contributed by atoms with Gasteiger partial charge in [0.2, 0.25) is 5.95 Å². The first kappa shape index (κ1) is 20.0. The molecule has 154 valence electrons. The molecular formula is C21H15F3N2O3S. The van der Waals surface area contributed by atoms with Crippen LogP contribution in [0.5, 0.6) is 5.75 Å². The molecule has 2 heterocycles. The monoisotopic (exact) mass is 432 g/mol. The molecule has 0 aliphatic rings. The summed E-state index contributed by atoms with van der Waals surface area (Å²) in [5.41, 5.74) is 2.04. The van der Waals surface area contributed by atoms with Crippen molar-refractivity contribution < 1.29 is 26.3 Å². The molecule has 2 aromatic heterocycles. The van der Waals surface area contributed by atoms with Crippen LogP contribution < -0.4 is 4.74 Å². The van der Waals surface area contributed by atoms with Crippen LogP contribution in [-0.4, -0.2) is 24.0 Å². The summed E-state index contributed by atoms with van der Waals surface area (Å²) in [6, 6.07) is 13.4. The molecular weight excluding hydrogens is 417 g/mol. The van der Waals surface area contributed by atoms with Crippen molar-refractivity contribution in [3.8, 4) is 16.9 Å². The highest BCUT2D eigenvalue weighted by molar-refractivity contribution is 7.90. The molecule has 0 aliphatic carbocycles. The predicted molar refractivity (Wildman–Crippen MR) is 106 cm³/mol. The molecule has 0 saturated heterocycles. The SMILES string of the molecule is Cc1cc(-c2ccc3ccn(S(=O)(=O)c4cccc(OC(F)F)c4)c3c2)cnc1F. The molecule has 0 saturated carbocycles. The van der Waals surface area contributed by atoms with E-state index in [1.807, 2.05) is 0 Å². The van der Waals surface area contributed by atoms with Crippen molar-refractivity contribution in [3.63, 3.8) is 0 Å². The third kappa shape index (κ3) is 3.63. The number of ether oxygens (including phenoxy) is 1. The van der Waals surface area contributed by atoms with Gasteiger partial charge in [0.25, 0.3) is 10.0 Å². The van der Waals surface area contributed by atoms with Crippen molar-refractivity contribution >= 4 is 20.9 Å². The first-order valence-corrected chi connectivity index (χ1v) is 10.2. The maximum absolute atomic E-state index is 13.5. The lowest BCUT2D eigenvalue weighted by atomic mass is 10.0. The maximum Gasteiger partial charge on any atom is 0.387 e. The number of benzene rings is 2. The van der Waals surface area contributed by atoms with Gasteiger partial charge in [-0.2, -0.15) is 13.2 Å². The van der Waals surface area contributed by atoms with Crippen LogP contribution in [0.2, 0.25) is 0 Å². The normalized spacial score (nSPS) is 11.9. The van der Waals surface area contributed by atoms with Crippen LogP contribution in [0.15, 0.2) is 71.9 Å². The quantitative estimate of drug-likeness (QED) is 0.417. The van der Waals surface area contributed by atoms with E-state index >= 15 is 0 Å². The zero-order valence-corrected chi connectivity index (χ0v) is 16.4. The van der Waals surface area contributed by atoms with Gasteiger partial charge >= 0.3 is 6.61 Å². The standard InChI is InChI=1S/C21H15F3N2O3S/c1-13-9-16(12-25-20(13)22)15-6-5-14-7-8-26(19(14)10-15)30(27,28)18-4-2-3-17(11-18)29-21(23)24/h2-12,21H,1H3. The molecule has 0 N–H and O–H groups in total. The Bertz CT molecular complexity index is 1350. The van der Waals surface area contributed by atoms with Crippen molar-refractivity contribution in [2.75, 3.05) is 0 Å². The van der Waals surface area contributed by atoms with Crippen molar-refractivity contribution in [3.05, 3.63) is 78.5 Å². The van der Waals surface area contributed by atoms with E-state index in [-0.39, 0.29) is 10.6 Å². The van der Waals surface area contributed by atoms with Gasteiger partial charge in [0.05, 0.1) is 10.4 Å². The summed E-state index contributed by atoms with van der Waals surface area (Å²) in [4.78, 5) is 3.52. The third-order valence-electron chi connectivity index (χ3n) is 4.59. The maximum atomic E-state index is 13.5. The van der Waals surface area contributed by atoms with Gasteiger partial charge in [-0.1, -0.05) is 18.2 Å². The molecule has 0 aliphatic heterocycles. The summed E-state index contributed by atoms with van der Waals surface area (Å²) in [6.45, 7) is -1.47. The first-order valence-electron chi connectivity index (χ1n) is 8.80. The van der Waals surface area contributed by atoms with E-state index in [9.17, 15) is 21.6 Å². The van der Waals surface area contributed by atoms with E-state index in [0.717, 1.165) is 10.0 Å². The van der Waals surface area contributed by atoms with Gasteiger partial charge in [-0.05, 0) is 42.8 Å². The largest absolute Gasteiger partial charge is 0.435 e. The molecule has 4 rings (SSSR count). The lowest BCUT2D eigenvalue weighted by Crippen LogP contribution is -2.12. The van der Waals surface area contributed by atoms with Crippen molar-refractivity contribution in [2.45, 2.75) is 18.4 Å². The molecule has 4 aromatic rings. The molecule has 2 aromatic carbocycles. The van der Waals surface area contributed by atoms with Crippen LogP contribution in [0.4, 0.5) is 13.2 Å². The van der Waals surface area contributed by atoms with Crippen LogP contribution in [-0.2, 0) is 10.0 Å². The average Bonchev–Trinajstić information content (AvgIpc) is 3.14. The van der Waals surface area contributed by atoms with Crippen molar-refractivity contribution in [2.24, 2.45) is 0 Å². The van der Waals surface area contributed by atoms with E-state index in [2.05, 4.69) is 9.72 Å². The number of alkyl halides is 2. The fourth-order valence-corrected chi connectivity index (χ4v) is 4.51. The Morgan fingerprint density at radius 1 is 1.03 bits per heavy atom. The van der Waals surface area contributed by atoms with Crippen LogP contribution in [0.1, 0.15) is 5.56 Å². The minimum atomic E-state index is -4.08. The van der Waals surface area contributed by atoms with Crippen molar-refractivity contribution in [1.29, 1.82) is 0 Å².